The van der Waals surface area contributed by atoms with E-state index in [4.69, 9.17) is 15.1 Å². The first-order valence-corrected chi connectivity index (χ1v) is 7.69. The van der Waals surface area contributed by atoms with Gasteiger partial charge in [0.15, 0.2) is 0 Å². The maximum atomic E-state index is 5.66. The molecule has 0 aromatic rings. The SMILES string of the molecule is C1=C[C@@H]2[C@H](C1)[C@H]1N=N[C@H]2[C@@H]2[C@H]3C[C@@H]([C@@H]4C=NO[C@@H]43)[C@H]12. The molecule has 0 spiro atoms. The zero-order chi connectivity index (χ0) is 12.1. The number of hydrogen-bond donors (Lipinski definition) is 0. The second kappa shape index (κ2) is 2.94. The number of allylic oxidation sites excluding steroid dienone is 1. The summed E-state index contributed by atoms with van der Waals surface area (Å²) in [6, 6.07) is 0.929. The van der Waals surface area contributed by atoms with Crippen molar-refractivity contribution < 1.29 is 4.84 Å². The minimum Gasteiger partial charge on any atom is -0.392 e. The Labute approximate surface area is 112 Å². The summed E-state index contributed by atoms with van der Waals surface area (Å²) in [5.74, 6) is 4.93. The van der Waals surface area contributed by atoms with Crippen LogP contribution in [0.2, 0.25) is 0 Å². The van der Waals surface area contributed by atoms with Crippen LogP contribution in [0.3, 0.4) is 0 Å². The highest BCUT2D eigenvalue weighted by Gasteiger charge is 2.69. The summed E-state index contributed by atoms with van der Waals surface area (Å²) >= 11 is 0. The molecular formula is C15H17N3O. The van der Waals surface area contributed by atoms with Crippen molar-refractivity contribution >= 4 is 6.21 Å². The molecule has 4 nitrogen and oxygen atoms in total. The molecule has 10 atom stereocenters. The van der Waals surface area contributed by atoms with Gasteiger partial charge in [0, 0.05) is 17.8 Å². The van der Waals surface area contributed by atoms with Crippen LogP contribution in [0.5, 0.6) is 0 Å². The molecular weight excluding hydrogens is 238 g/mol. The van der Waals surface area contributed by atoms with Crippen LogP contribution < -0.4 is 0 Å². The van der Waals surface area contributed by atoms with Crippen LogP contribution >= 0.6 is 0 Å². The molecule has 7 aliphatic rings. The van der Waals surface area contributed by atoms with Crippen LogP contribution in [0.1, 0.15) is 12.8 Å². The highest BCUT2D eigenvalue weighted by molar-refractivity contribution is 5.64. The quantitative estimate of drug-likeness (QED) is 0.612. The first-order chi connectivity index (χ1) is 9.43. The molecule has 98 valence electrons. The number of hydrogen-bond acceptors (Lipinski definition) is 4. The summed E-state index contributed by atoms with van der Waals surface area (Å²) in [4.78, 5) is 5.66. The zero-order valence-corrected chi connectivity index (χ0v) is 10.7. The van der Waals surface area contributed by atoms with Gasteiger partial charge in [-0.25, -0.2) is 0 Å². The van der Waals surface area contributed by atoms with E-state index < -0.39 is 0 Å². The summed E-state index contributed by atoms with van der Waals surface area (Å²) in [5, 5.41) is 13.5. The molecule has 19 heavy (non-hydrogen) atoms. The third kappa shape index (κ3) is 0.906. The maximum Gasteiger partial charge on any atom is 0.138 e. The number of nitrogens with zero attached hydrogens (tertiary/aromatic N) is 3. The zero-order valence-electron chi connectivity index (χ0n) is 10.7. The van der Waals surface area contributed by atoms with Gasteiger partial charge in [-0.15, -0.1) is 0 Å². The van der Waals surface area contributed by atoms with Crippen molar-refractivity contribution in [1.29, 1.82) is 0 Å². The predicted molar refractivity (Wildman–Crippen MR) is 68.6 cm³/mol. The average Bonchev–Trinajstić information content (AvgIpc) is 3.20. The van der Waals surface area contributed by atoms with Gasteiger partial charge in [0.05, 0.1) is 18.3 Å². The largest absolute Gasteiger partial charge is 0.392 e. The molecule has 4 aliphatic carbocycles. The lowest BCUT2D eigenvalue weighted by Gasteiger charge is -2.52. The fourth-order valence-corrected chi connectivity index (χ4v) is 6.42. The lowest BCUT2D eigenvalue weighted by Crippen LogP contribution is -2.57. The first kappa shape index (κ1) is 9.67. The van der Waals surface area contributed by atoms with Crippen LogP contribution in [0, 0.1) is 41.4 Å². The van der Waals surface area contributed by atoms with Crippen molar-refractivity contribution in [3.8, 4) is 0 Å². The molecule has 0 radical (unpaired) electrons. The van der Waals surface area contributed by atoms with E-state index in [-0.39, 0.29) is 0 Å². The van der Waals surface area contributed by atoms with Crippen molar-refractivity contribution in [1.82, 2.24) is 0 Å². The highest BCUT2D eigenvalue weighted by atomic mass is 16.6. The van der Waals surface area contributed by atoms with Gasteiger partial charge < -0.3 is 4.84 Å². The van der Waals surface area contributed by atoms with Crippen LogP contribution in [-0.2, 0) is 4.84 Å². The molecule has 3 saturated carbocycles. The van der Waals surface area contributed by atoms with Gasteiger partial charge in [0.2, 0.25) is 0 Å². The molecule has 3 heterocycles. The lowest BCUT2D eigenvalue weighted by atomic mass is 9.56. The van der Waals surface area contributed by atoms with Crippen LogP contribution in [0.25, 0.3) is 0 Å². The molecule has 4 bridgehead atoms. The molecule has 0 aromatic carbocycles. The van der Waals surface area contributed by atoms with Crippen molar-refractivity contribution in [2.45, 2.75) is 31.0 Å². The van der Waals surface area contributed by atoms with Crippen molar-refractivity contribution in [2.24, 2.45) is 56.8 Å². The van der Waals surface area contributed by atoms with Gasteiger partial charge in [0.25, 0.3) is 0 Å². The summed E-state index contributed by atoms with van der Waals surface area (Å²) in [6.45, 7) is 0. The summed E-state index contributed by atoms with van der Waals surface area (Å²) in [5.41, 5.74) is 0. The smallest absolute Gasteiger partial charge is 0.138 e. The number of azo groups is 1. The van der Waals surface area contributed by atoms with Crippen LogP contribution in [-0.4, -0.2) is 24.4 Å². The third-order valence-electron chi connectivity index (χ3n) is 6.90. The Kier molecular flexibility index (Phi) is 1.50. The van der Waals surface area contributed by atoms with Crippen molar-refractivity contribution in [3.05, 3.63) is 12.2 Å². The molecule has 3 aliphatic heterocycles. The molecule has 0 unspecified atom stereocenters. The predicted octanol–water partition coefficient (Wildman–Crippen LogP) is 2.28. The second-order valence-corrected chi connectivity index (χ2v) is 7.24. The van der Waals surface area contributed by atoms with Gasteiger partial charge in [-0.1, -0.05) is 17.3 Å². The Morgan fingerprint density at radius 1 is 0.947 bits per heavy atom. The van der Waals surface area contributed by atoms with E-state index in [1.807, 2.05) is 0 Å². The fourth-order valence-electron chi connectivity index (χ4n) is 6.42. The standard InChI is InChI=1S/C15H17N3O/c1-2-6-7(3-1)14-12-9-4-8(10-5-16-19-15(9)10)11(12)13(6)17-18-14/h1,3,5-15H,2,4H2/t6-,7+,8-,9+,10-,11-,12+,13+,14+,15+/m0/s1. The van der Waals surface area contributed by atoms with Crippen LogP contribution in [0.4, 0.5) is 0 Å². The number of fused-ring (bicyclic) bond motifs is 5. The summed E-state index contributed by atoms with van der Waals surface area (Å²) in [6.07, 6.45) is 9.79. The lowest BCUT2D eigenvalue weighted by molar-refractivity contribution is -0.0612. The fraction of sp³-hybridized carbons (Fsp3) is 0.800. The molecule has 4 heteroatoms. The van der Waals surface area contributed by atoms with Crippen molar-refractivity contribution in [2.75, 3.05) is 0 Å². The van der Waals surface area contributed by atoms with E-state index in [0.29, 0.717) is 35.9 Å². The normalized spacial score (nSPS) is 65.3. The van der Waals surface area contributed by atoms with E-state index in [2.05, 4.69) is 23.5 Å². The molecule has 0 N–H and O–H groups in total. The molecule has 3 fully saturated rings. The van der Waals surface area contributed by atoms with E-state index in [1.165, 1.54) is 12.8 Å². The van der Waals surface area contributed by atoms with Gasteiger partial charge in [0.1, 0.15) is 6.10 Å². The van der Waals surface area contributed by atoms with Crippen molar-refractivity contribution in [3.63, 3.8) is 0 Å². The van der Waals surface area contributed by atoms with E-state index >= 15 is 0 Å². The first-order valence-electron chi connectivity index (χ1n) is 7.69. The minimum absolute atomic E-state index is 0.365. The average molecular weight is 255 g/mol. The number of oxime groups is 1. The highest BCUT2D eigenvalue weighted by Crippen LogP contribution is 2.66. The Morgan fingerprint density at radius 2 is 1.84 bits per heavy atom. The molecule has 7 rings (SSSR count). The Morgan fingerprint density at radius 3 is 2.84 bits per heavy atom. The second-order valence-electron chi connectivity index (χ2n) is 7.24. The van der Waals surface area contributed by atoms with Gasteiger partial charge in [-0.3, -0.25) is 0 Å². The molecule has 0 amide bonds. The topological polar surface area (TPSA) is 46.3 Å². The van der Waals surface area contributed by atoms with Gasteiger partial charge in [-0.2, -0.15) is 10.2 Å². The van der Waals surface area contributed by atoms with Gasteiger partial charge in [-0.05, 0) is 36.5 Å². The summed E-state index contributed by atoms with van der Waals surface area (Å²) in [7, 11) is 0. The number of rotatable bonds is 0. The summed E-state index contributed by atoms with van der Waals surface area (Å²) < 4.78 is 0. The minimum atomic E-state index is 0.365. The third-order valence-corrected chi connectivity index (χ3v) is 6.90. The van der Waals surface area contributed by atoms with E-state index in [1.54, 1.807) is 0 Å². The monoisotopic (exact) mass is 255 g/mol. The Balaban J connectivity index is 1.49. The van der Waals surface area contributed by atoms with Gasteiger partial charge >= 0.3 is 0 Å². The van der Waals surface area contributed by atoms with E-state index in [0.717, 1.165) is 23.7 Å². The Hall–Kier alpha value is -1.19. The van der Waals surface area contributed by atoms with Crippen LogP contribution in [0.15, 0.2) is 27.5 Å². The molecule has 0 aromatic heterocycles. The Bertz CT molecular complexity index is 542. The maximum absolute atomic E-state index is 5.66. The van der Waals surface area contributed by atoms with E-state index in [9.17, 15) is 0 Å². The molecule has 0 saturated heterocycles.